The minimum absolute atomic E-state index is 0.0174. The number of carbonyl (C=O) groups is 1. The summed E-state index contributed by atoms with van der Waals surface area (Å²) in [6, 6.07) is 9.52. The van der Waals surface area contributed by atoms with Gasteiger partial charge < -0.3 is 4.90 Å². The molecule has 1 fully saturated rings. The standard InChI is InChI=1S/C15H13N3O3S/c19-14(11-3-5-13(6-4-11)18(20)21)17-8-9-22-15(17)12-2-1-7-16-10-12/h1-7,10,15H,8-9H2/t15-/m0/s1. The van der Waals surface area contributed by atoms with Crippen LogP contribution in [0.15, 0.2) is 48.8 Å². The SMILES string of the molecule is O=C(c1ccc([N+](=O)[O-])cc1)N1CCS[C@H]1c1cccnc1. The second-order valence-electron chi connectivity index (χ2n) is 4.81. The van der Waals surface area contributed by atoms with E-state index in [4.69, 9.17) is 0 Å². The third kappa shape index (κ3) is 2.80. The Morgan fingerprint density at radius 3 is 2.73 bits per heavy atom. The first-order valence-corrected chi connectivity index (χ1v) is 7.78. The number of aromatic nitrogens is 1. The molecule has 0 unspecified atom stereocenters. The molecule has 22 heavy (non-hydrogen) atoms. The van der Waals surface area contributed by atoms with Crippen molar-refractivity contribution in [1.29, 1.82) is 0 Å². The van der Waals surface area contributed by atoms with Crippen molar-refractivity contribution in [1.82, 2.24) is 9.88 Å². The number of pyridine rings is 1. The molecule has 1 aliphatic heterocycles. The Kier molecular flexibility index (Phi) is 4.06. The van der Waals surface area contributed by atoms with Crippen LogP contribution in [0.2, 0.25) is 0 Å². The van der Waals surface area contributed by atoms with E-state index < -0.39 is 4.92 Å². The number of benzene rings is 1. The van der Waals surface area contributed by atoms with Gasteiger partial charge in [0.2, 0.25) is 0 Å². The summed E-state index contributed by atoms with van der Waals surface area (Å²) in [5.41, 5.74) is 1.43. The second-order valence-corrected chi connectivity index (χ2v) is 6.00. The van der Waals surface area contributed by atoms with Gasteiger partial charge in [0.15, 0.2) is 0 Å². The van der Waals surface area contributed by atoms with Gasteiger partial charge in [-0.2, -0.15) is 0 Å². The molecule has 1 atom stereocenters. The number of thioether (sulfide) groups is 1. The number of non-ortho nitro benzene ring substituents is 1. The van der Waals surface area contributed by atoms with Gasteiger partial charge in [-0.05, 0) is 18.2 Å². The van der Waals surface area contributed by atoms with Gasteiger partial charge >= 0.3 is 0 Å². The van der Waals surface area contributed by atoms with E-state index in [0.717, 1.165) is 11.3 Å². The third-order valence-corrected chi connectivity index (χ3v) is 4.71. The molecule has 0 aliphatic carbocycles. The number of nitrogens with zero attached hydrogens (tertiary/aromatic N) is 3. The molecule has 3 rings (SSSR count). The summed E-state index contributed by atoms with van der Waals surface area (Å²) >= 11 is 1.69. The van der Waals surface area contributed by atoms with E-state index in [2.05, 4.69) is 4.98 Å². The molecule has 1 saturated heterocycles. The fourth-order valence-corrected chi connectivity index (χ4v) is 3.61. The Morgan fingerprint density at radius 2 is 2.09 bits per heavy atom. The van der Waals surface area contributed by atoms with Crippen molar-refractivity contribution in [2.45, 2.75) is 5.37 Å². The lowest BCUT2D eigenvalue weighted by Crippen LogP contribution is -2.30. The summed E-state index contributed by atoms with van der Waals surface area (Å²) < 4.78 is 0. The zero-order valence-corrected chi connectivity index (χ0v) is 12.4. The van der Waals surface area contributed by atoms with Crippen molar-refractivity contribution >= 4 is 23.4 Å². The summed E-state index contributed by atoms with van der Waals surface area (Å²) in [4.78, 5) is 28.7. The summed E-state index contributed by atoms with van der Waals surface area (Å²) in [5, 5.41) is 10.6. The number of rotatable bonds is 3. The first-order valence-electron chi connectivity index (χ1n) is 6.74. The zero-order chi connectivity index (χ0) is 15.5. The van der Waals surface area contributed by atoms with Crippen LogP contribution >= 0.6 is 11.8 Å². The lowest BCUT2D eigenvalue weighted by atomic mass is 10.1. The van der Waals surface area contributed by atoms with Crippen molar-refractivity contribution in [2.24, 2.45) is 0 Å². The van der Waals surface area contributed by atoms with E-state index in [1.807, 2.05) is 12.1 Å². The number of hydrogen-bond donors (Lipinski definition) is 0. The average Bonchev–Trinajstić information content (AvgIpc) is 3.04. The van der Waals surface area contributed by atoms with Crippen LogP contribution in [0.3, 0.4) is 0 Å². The fraction of sp³-hybridized carbons (Fsp3) is 0.200. The molecule has 1 aromatic heterocycles. The van der Waals surface area contributed by atoms with Crippen LogP contribution in [0, 0.1) is 10.1 Å². The highest BCUT2D eigenvalue weighted by Gasteiger charge is 2.31. The topological polar surface area (TPSA) is 76.3 Å². The van der Waals surface area contributed by atoms with Crippen LogP contribution < -0.4 is 0 Å². The van der Waals surface area contributed by atoms with Gasteiger partial charge in [-0.15, -0.1) is 11.8 Å². The number of carbonyl (C=O) groups excluding carboxylic acids is 1. The highest BCUT2D eigenvalue weighted by atomic mass is 32.2. The van der Waals surface area contributed by atoms with E-state index in [9.17, 15) is 14.9 Å². The number of amides is 1. The number of hydrogen-bond acceptors (Lipinski definition) is 5. The van der Waals surface area contributed by atoms with Crippen LogP contribution in [0.4, 0.5) is 5.69 Å². The summed E-state index contributed by atoms with van der Waals surface area (Å²) in [5.74, 6) is 0.743. The summed E-state index contributed by atoms with van der Waals surface area (Å²) in [7, 11) is 0. The quantitative estimate of drug-likeness (QED) is 0.643. The Balaban J connectivity index is 1.83. The zero-order valence-electron chi connectivity index (χ0n) is 11.6. The molecule has 7 heteroatoms. The number of nitro benzene ring substituents is 1. The van der Waals surface area contributed by atoms with Crippen molar-refractivity contribution < 1.29 is 9.72 Å². The number of nitro groups is 1. The van der Waals surface area contributed by atoms with Crippen molar-refractivity contribution in [3.63, 3.8) is 0 Å². The Labute approximate surface area is 131 Å². The van der Waals surface area contributed by atoms with Crippen molar-refractivity contribution in [3.05, 3.63) is 70.0 Å². The summed E-state index contributed by atoms with van der Waals surface area (Å²) in [6.45, 7) is 0.653. The highest BCUT2D eigenvalue weighted by molar-refractivity contribution is 7.99. The largest absolute Gasteiger partial charge is 0.322 e. The molecule has 2 aromatic rings. The molecule has 1 aliphatic rings. The molecule has 0 saturated carbocycles. The molecule has 1 aromatic carbocycles. The van der Waals surface area contributed by atoms with E-state index in [0.29, 0.717) is 12.1 Å². The van der Waals surface area contributed by atoms with Gasteiger partial charge in [-0.25, -0.2) is 0 Å². The van der Waals surface area contributed by atoms with Crippen molar-refractivity contribution in [2.75, 3.05) is 12.3 Å². The Bertz CT molecular complexity index is 691. The van der Waals surface area contributed by atoms with Crippen LogP contribution in [-0.2, 0) is 0 Å². The minimum Gasteiger partial charge on any atom is -0.322 e. The lowest BCUT2D eigenvalue weighted by Gasteiger charge is -2.23. The van der Waals surface area contributed by atoms with Crippen molar-refractivity contribution in [3.8, 4) is 0 Å². The van der Waals surface area contributed by atoms with Crippen LogP contribution in [0.1, 0.15) is 21.3 Å². The van der Waals surface area contributed by atoms with E-state index in [1.165, 1.54) is 24.3 Å². The molecule has 0 radical (unpaired) electrons. The molecule has 1 amide bonds. The molecule has 0 bridgehead atoms. The van der Waals surface area contributed by atoms with Crippen LogP contribution in [-0.4, -0.2) is 33.0 Å². The molecule has 0 N–H and O–H groups in total. The van der Waals surface area contributed by atoms with Gasteiger partial charge in [-0.1, -0.05) is 6.07 Å². The van der Waals surface area contributed by atoms with Crippen LogP contribution in [0.25, 0.3) is 0 Å². The Hall–Kier alpha value is -2.41. The van der Waals surface area contributed by atoms with E-state index in [-0.39, 0.29) is 17.0 Å². The molecule has 2 heterocycles. The molecule has 0 spiro atoms. The van der Waals surface area contributed by atoms with Crippen LogP contribution in [0.5, 0.6) is 0 Å². The third-order valence-electron chi connectivity index (χ3n) is 3.45. The smallest absolute Gasteiger partial charge is 0.269 e. The van der Waals surface area contributed by atoms with Gasteiger partial charge in [-0.3, -0.25) is 19.9 Å². The molecule has 112 valence electrons. The van der Waals surface area contributed by atoms with E-state index in [1.54, 1.807) is 29.1 Å². The van der Waals surface area contributed by atoms with E-state index >= 15 is 0 Å². The second kappa shape index (κ2) is 6.15. The normalized spacial score (nSPS) is 17.5. The van der Waals surface area contributed by atoms with Gasteiger partial charge in [0.25, 0.3) is 11.6 Å². The Morgan fingerprint density at radius 1 is 1.32 bits per heavy atom. The lowest BCUT2D eigenvalue weighted by molar-refractivity contribution is -0.384. The van der Waals surface area contributed by atoms with Gasteiger partial charge in [0, 0.05) is 48.0 Å². The maximum Gasteiger partial charge on any atom is 0.269 e. The molecule has 6 nitrogen and oxygen atoms in total. The highest BCUT2D eigenvalue weighted by Crippen LogP contribution is 2.38. The first-order chi connectivity index (χ1) is 10.7. The predicted octanol–water partition coefficient (Wildman–Crippen LogP) is 2.88. The maximum atomic E-state index is 12.6. The molecular formula is C15H13N3O3S. The summed E-state index contributed by atoms with van der Waals surface area (Å²) in [6.07, 6.45) is 3.46. The fourth-order valence-electron chi connectivity index (χ4n) is 2.37. The maximum absolute atomic E-state index is 12.6. The monoisotopic (exact) mass is 315 g/mol. The van der Waals surface area contributed by atoms with Gasteiger partial charge in [0.1, 0.15) is 5.37 Å². The predicted molar refractivity (Wildman–Crippen MR) is 83.6 cm³/mol. The van der Waals surface area contributed by atoms with Gasteiger partial charge in [0.05, 0.1) is 4.92 Å². The first kappa shape index (κ1) is 14.5. The molecular weight excluding hydrogens is 302 g/mol. The average molecular weight is 315 g/mol. The minimum atomic E-state index is -0.474.